The van der Waals surface area contributed by atoms with Gasteiger partial charge >= 0.3 is 0 Å². The van der Waals surface area contributed by atoms with Crippen LogP contribution in [0.5, 0.6) is 5.75 Å². The molecular weight excluding hydrogens is 364 g/mol. The molecule has 6 heteroatoms. The molecule has 0 unspecified atom stereocenters. The number of amides is 1. The van der Waals surface area contributed by atoms with Crippen molar-refractivity contribution >= 4 is 5.91 Å². The Morgan fingerprint density at radius 1 is 1.10 bits per heavy atom. The van der Waals surface area contributed by atoms with Crippen LogP contribution < -0.4 is 4.74 Å². The van der Waals surface area contributed by atoms with Gasteiger partial charge in [-0.2, -0.15) is 0 Å². The Morgan fingerprint density at radius 2 is 1.83 bits per heavy atom. The number of para-hydroxylation sites is 1. The molecule has 0 spiro atoms. The first kappa shape index (κ1) is 19.2. The fraction of sp³-hybridized carbons (Fsp3) is 0.348. The van der Waals surface area contributed by atoms with E-state index in [0.717, 1.165) is 23.0 Å². The predicted octanol–water partition coefficient (Wildman–Crippen LogP) is 4.20. The molecule has 1 aliphatic heterocycles. The first-order chi connectivity index (χ1) is 14.0. The summed E-state index contributed by atoms with van der Waals surface area (Å²) in [5.74, 6) is 3.01. The number of benzene rings is 2. The van der Waals surface area contributed by atoms with Crippen LogP contribution in [0.1, 0.15) is 60.3 Å². The van der Waals surface area contributed by atoms with Crippen LogP contribution in [0.3, 0.4) is 0 Å². The lowest BCUT2D eigenvalue weighted by Crippen LogP contribution is -2.40. The average molecular weight is 390 g/mol. The molecule has 6 nitrogen and oxygen atoms in total. The number of hydrogen-bond donors (Lipinski definition) is 0. The van der Waals surface area contributed by atoms with E-state index in [-0.39, 0.29) is 11.9 Å². The van der Waals surface area contributed by atoms with Crippen molar-refractivity contribution in [3.63, 3.8) is 0 Å². The summed E-state index contributed by atoms with van der Waals surface area (Å²) in [5, 5.41) is 8.66. The van der Waals surface area contributed by atoms with E-state index >= 15 is 0 Å². The third-order valence-corrected chi connectivity index (χ3v) is 5.20. The molecule has 0 saturated carbocycles. The van der Waals surface area contributed by atoms with Crippen molar-refractivity contribution < 1.29 is 9.53 Å². The van der Waals surface area contributed by atoms with Gasteiger partial charge in [-0.05, 0) is 36.8 Å². The number of fused-ring (bicyclic) bond motifs is 1. The van der Waals surface area contributed by atoms with Gasteiger partial charge in [0.2, 0.25) is 0 Å². The van der Waals surface area contributed by atoms with E-state index in [1.165, 1.54) is 0 Å². The van der Waals surface area contributed by atoms with Crippen LogP contribution in [0.25, 0.3) is 0 Å². The molecule has 0 radical (unpaired) electrons. The van der Waals surface area contributed by atoms with Crippen LogP contribution in [-0.4, -0.2) is 32.1 Å². The van der Waals surface area contributed by atoms with E-state index < -0.39 is 0 Å². The fourth-order valence-corrected chi connectivity index (χ4v) is 3.72. The summed E-state index contributed by atoms with van der Waals surface area (Å²) in [6, 6.07) is 17.5. The van der Waals surface area contributed by atoms with E-state index in [0.29, 0.717) is 31.2 Å². The monoisotopic (exact) mass is 390 g/mol. The Kier molecular flexibility index (Phi) is 5.34. The summed E-state index contributed by atoms with van der Waals surface area (Å²) >= 11 is 0. The minimum absolute atomic E-state index is 0.0210. The van der Waals surface area contributed by atoms with Crippen LogP contribution in [0.4, 0.5) is 0 Å². The lowest BCUT2D eigenvalue weighted by atomic mass is 10.1. The quantitative estimate of drug-likeness (QED) is 0.655. The normalized spacial score (nSPS) is 16.0. The Hall–Kier alpha value is -3.15. The Bertz CT molecular complexity index is 980. The van der Waals surface area contributed by atoms with E-state index in [1.54, 1.807) is 0 Å². The molecule has 0 saturated heterocycles. The largest absolute Gasteiger partial charge is 0.489 e. The third kappa shape index (κ3) is 4.01. The molecule has 2 heterocycles. The topological polar surface area (TPSA) is 60.2 Å². The Balaban J connectivity index is 1.43. The zero-order chi connectivity index (χ0) is 20.4. The van der Waals surface area contributed by atoms with Crippen molar-refractivity contribution in [2.75, 3.05) is 6.54 Å². The van der Waals surface area contributed by atoms with Gasteiger partial charge in [0.25, 0.3) is 5.91 Å². The van der Waals surface area contributed by atoms with Gasteiger partial charge in [-0.25, -0.2) is 0 Å². The number of rotatable bonds is 5. The molecule has 3 aromatic rings. The molecule has 0 N–H and O–H groups in total. The summed E-state index contributed by atoms with van der Waals surface area (Å²) in [6.07, 6.45) is 0. The second-order valence-corrected chi connectivity index (χ2v) is 7.83. The van der Waals surface area contributed by atoms with E-state index in [1.807, 2.05) is 59.5 Å². The number of ether oxygens (including phenoxy) is 1. The highest BCUT2D eigenvalue weighted by Crippen LogP contribution is 2.26. The molecule has 1 aliphatic rings. The van der Waals surface area contributed by atoms with E-state index in [4.69, 9.17) is 4.74 Å². The van der Waals surface area contributed by atoms with Gasteiger partial charge in [0.05, 0.1) is 12.6 Å². The Morgan fingerprint density at radius 3 is 2.52 bits per heavy atom. The molecule has 1 aromatic heterocycles. The number of carbonyl (C=O) groups excluding carboxylic acids is 1. The first-order valence-corrected chi connectivity index (χ1v) is 10.0. The Labute approximate surface area is 171 Å². The maximum Gasteiger partial charge on any atom is 0.254 e. The highest BCUT2D eigenvalue weighted by atomic mass is 16.5. The maximum atomic E-state index is 13.0. The van der Waals surface area contributed by atoms with Gasteiger partial charge in [-0.3, -0.25) is 4.79 Å². The van der Waals surface area contributed by atoms with Crippen molar-refractivity contribution in [2.45, 2.75) is 45.9 Å². The van der Waals surface area contributed by atoms with Crippen molar-refractivity contribution in [3.05, 3.63) is 77.4 Å². The number of aromatic nitrogens is 3. The van der Waals surface area contributed by atoms with Gasteiger partial charge in [0.1, 0.15) is 18.2 Å². The predicted molar refractivity (Wildman–Crippen MR) is 111 cm³/mol. The number of carbonyl (C=O) groups is 1. The summed E-state index contributed by atoms with van der Waals surface area (Å²) in [4.78, 5) is 14.9. The van der Waals surface area contributed by atoms with Crippen LogP contribution >= 0.6 is 0 Å². The molecule has 1 amide bonds. The molecular formula is C23H26N4O2. The summed E-state index contributed by atoms with van der Waals surface area (Å²) in [7, 11) is 0. The van der Waals surface area contributed by atoms with Crippen molar-refractivity contribution in [2.24, 2.45) is 0 Å². The molecule has 0 aliphatic carbocycles. The highest BCUT2D eigenvalue weighted by molar-refractivity contribution is 5.94. The van der Waals surface area contributed by atoms with Gasteiger partial charge in [0, 0.05) is 18.0 Å². The van der Waals surface area contributed by atoms with Gasteiger partial charge in [-0.1, -0.05) is 44.2 Å². The SMILES string of the molecule is CC(C)c1nnc2n1[C@@H](C)CN(C(=O)c1ccc(COc3ccccc3)cc1)C2. The lowest BCUT2D eigenvalue weighted by molar-refractivity contribution is 0.0679. The molecule has 1 atom stereocenters. The standard InChI is InChI=1S/C23H26N4O2/c1-16(2)22-25-24-21-14-26(13-17(3)27(21)22)23(28)19-11-9-18(10-12-19)15-29-20-7-5-4-6-8-20/h4-12,16-17H,13-15H2,1-3H3/t17-/m0/s1. The second kappa shape index (κ2) is 8.07. The number of hydrogen-bond acceptors (Lipinski definition) is 4. The smallest absolute Gasteiger partial charge is 0.254 e. The fourth-order valence-electron chi connectivity index (χ4n) is 3.72. The van der Waals surface area contributed by atoms with Gasteiger partial charge in [0.15, 0.2) is 5.82 Å². The second-order valence-electron chi connectivity index (χ2n) is 7.83. The minimum Gasteiger partial charge on any atom is -0.489 e. The highest BCUT2D eigenvalue weighted by Gasteiger charge is 2.30. The molecule has 4 rings (SSSR count). The summed E-state index contributed by atoms with van der Waals surface area (Å²) in [6.45, 7) is 7.96. The summed E-state index contributed by atoms with van der Waals surface area (Å²) < 4.78 is 7.95. The minimum atomic E-state index is 0.0210. The van der Waals surface area contributed by atoms with Crippen LogP contribution in [0.2, 0.25) is 0 Å². The third-order valence-electron chi connectivity index (χ3n) is 5.20. The maximum absolute atomic E-state index is 13.0. The van der Waals surface area contributed by atoms with Gasteiger partial charge in [-0.15, -0.1) is 10.2 Å². The molecule has 150 valence electrons. The van der Waals surface area contributed by atoms with Crippen molar-refractivity contribution in [1.82, 2.24) is 19.7 Å². The zero-order valence-electron chi connectivity index (χ0n) is 17.1. The molecule has 29 heavy (non-hydrogen) atoms. The lowest BCUT2D eigenvalue weighted by Gasteiger charge is -2.33. The molecule has 0 bridgehead atoms. The van der Waals surface area contributed by atoms with E-state index in [9.17, 15) is 4.79 Å². The van der Waals surface area contributed by atoms with E-state index in [2.05, 4.69) is 35.5 Å². The number of nitrogens with zero attached hydrogens (tertiary/aromatic N) is 4. The van der Waals surface area contributed by atoms with Gasteiger partial charge < -0.3 is 14.2 Å². The first-order valence-electron chi connectivity index (χ1n) is 10.0. The van der Waals surface area contributed by atoms with Crippen molar-refractivity contribution in [1.29, 1.82) is 0 Å². The molecule has 2 aromatic carbocycles. The van der Waals surface area contributed by atoms with Crippen molar-refractivity contribution in [3.8, 4) is 5.75 Å². The van der Waals surface area contributed by atoms with Crippen LogP contribution in [0, 0.1) is 0 Å². The van der Waals surface area contributed by atoms with Crippen LogP contribution in [0.15, 0.2) is 54.6 Å². The molecule has 0 fully saturated rings. The zero-order valence-corrected chi connectivity index (χ0v) is 17.1. The van der Waals surface area contributed by atoms with Crippen LogP contribution in [-0.2, 0) is 13.2 Å². The average Bonchev–Trinajstić information content (AvgIpc) is 3.18. The summed E-state index contributed by atoms with van der Waals surface area (Å²) in [5.41, 5.74) is 1.71.